The highest BCUT2D eigenvalue weighted by Gasteiger charge is 2.25. The third-order valence-corrected chi connectivity index (χ3v) is 2.27. The molecule has 0 aromatic heterocycles. The normalized spacial score (nSPS) is 12.1. The Bertz CT molecular complexity index is 509. The lowest BCUT2D eigenvalue weighted by Crippen LogP contribution is -2.09. The summed E-state index contributed by atoms with van der Waals surface area (Å²) in [6, 6.07) is 1.38. The molecule has 0 atom stereocenters. The van der Waals surface area contributed by atoms with Gasteiger partial charge >= 0.3 is 0 Å². The summed E-state index contributed by atoms with van der Waals surface area (Å²) >= 11 is 0. The van der Waals surface area contributed by atoms with Crippen molar-refractivity contribution < 1.29 is 23.9 Å². The molecular weight excluding hydrogens is 226 g/mol. The molecule has 0 spiro atoms. The van der Waals surface area contributed by atoms with Crippen LogP contribution in [-0.2, 0) is 4.79 Å². The average Bonchev–Trinajstić information content (AvgIpc) is 2.76. The van der Waals surface area contributed by atoms with Gasteiger partial charge in [-0.1, -0.05) is 0 Å². The van der Waals surface area contributed by atoms with E-state index in [1.165, 1.54) is 13.0 Å². The van der Waals surface area contributed by atoms with Crippen LogP contribution in [0, 0.1) is 0 Å². The van der Waals surface area contributed by atoms with Gasteiger partial charge in [0.25, 0.3) is 0 Å². The number of fused-ring (bicyclic) bond motifs is 1. The van der Waals surface area contributed by atoms with Crippen molar-refractivity contribution in [3.63, 3.8) is 0 Å². The maximum absolute atomic E-state index is 11.0. The van der Waals surface area contributed by atoms with E-state index in [0.29, 0.717) is 12.6 Å². The van der Waals surface area contributed by atoms with E-state index < -0.39 is 0 Å². The summed E-state index contributed by atoms with van der Waals surface area (Å²) in [5, 5.41) is 2.46. The standard InChI is InChI=1S/C11H9NO5/c1-6(15)12-9-2-7(3-13)10-11(8(9)4-14)17-5-16-10/h2-4H,5H2,1H3,(H,12,15). The number of carbonyl (C=O) groups is 3. The minimum absolute atomic E-state index is 0.0550. The summed E-state index contributed by atoms with van der Waals surface area (Å²) in [6.07, 6.45) is 1.13. The van der Waals surface area contributed by atoms with Crippen molar-refractivity contribution in [1.29, 1.82) is 0 Å². The Kier molecular flexibility index (Phi) is 2.78. The largest absolute Gasteiger partial charge is 0.453 e. The van der Waals surface area contributed by atoms with E-state index in [1.54, 1.807) is 0 Å². The molecular formula is C11H9NO5. The molecule has 6 heteroatoms. The van der Waals surface area contributed by atoms with Gasteiger partial charge in [-0.05, 0) is 6.07 Å². The summed E-state index contributed by atoms with van der Waals surface area (Å²) < 4.78 is 10.2. The fraction of sp³-hybridized carbons (Fsp3) is 0.182. The molecule has 88 valence electrons. The van der Waals surface area contributed by atoms with Crippen LogP contribution in [0.4, 0.5) is 5.69 Å². The first-order valence-corrected chi connectivity index (χ1v) is 4.82. The Morgan fingerprint density at radius 1 is 1.29 bits per heavy atom. The summed E-state index contributed by atoms with van der Waals surface area (Å²) in [5.41, 5.74) is 0.629. The third-order valence-electron chi connectivity index (χ3n) is 2.27. The average molecular weight is 235 g/mol. The molecule has 1 N–H and O–H groups in total. The SMILES string of the molecule is CC(=O)Nc1cc(C=O)c2c(c1C=O)OCO2. The first-order valence-electron chi connectivity index (χ1n) is 4.82. The third kappa shape index (κ3) is 1.84. The number of anilines is 1. The van der Waals surface area contributed by atoms with Crippen molar-refractivity contribution in [3.8, 4) is 11.5 Å². The highest BCUT2D eigenvalue weighted by atomic mass is 16.7. The molecule has 0 unspecified atom stereocenters. The molecule has 1 heterocycles. The summed E-state index contributed by atoms with van der Waals surface area (Å²) in [7, 11) is 0. The van der Waals surface area contributed by atoms with E-state index in [2.05, 4.69) is 5.32 Å². The number of ether oxygens (including phenoxy) is 2. The smallest absolute Gasteiger partial charge is 0.231 e. The second-order valence-corrected chi connectivity index (χ2v) is 3.41. The van der Waals surface area contributed by atoms with Crippen LogP contribution < -0.4 is 14.8 Å². The zero-order valence-corrected chi connectivity index (χ0v) is 8.98. The maximum atomic E-state index is 11.0. The van der Waals surface area contributed by atoms with Crippen molar-refractivity contribution >= 4 is 24.2 Å². The van der Waals surface area contributed by atoms with Gasteiger partial charge in [-0.15, -0.1) is 0 Å². The van der Waals surface area contributed by atoms with E-state index in [9.17, 15) is 14.4 Å². The van der Waals surface area contributed by atoms with Crippen LogP contribution in [0.15, 0.2) is 6.07 Å². The highest BCUT2D eigenvalue weighted by Crippen LogP contribution is 2.41. The predicted molar refractivity (Wildman–Crippen MR) is 57.6 cm³/mol. The van der Waals surface area contributed by atoms with E-state index >= 15 is 0 Å². The Labute approximate surface area is 96.5 Å². The molecule has 6 nitrogen and oxygen atoms in total. The minimum Gasteiger partial charge on any atom is -0.453 e. The van der Waals surface area contributed by atoms with Crippen LogP contribution in [0.3, 0.4) is 0 Å². The van der Waals surface area contributed by atoms with Crippen LogP contribution in [0.5, 0.6) is 11.5 Å². The molecule has 1 aliphatic rings. The topological polar surface area (TPSA) is 81.7 Å². The highest BCUT2D eigenvalue weighted by molar-refractivity contribution is 6.00. The fourth-order valence-corrected chi connectivity index (χ4v) is 1.61. The molecule has 0 saturated heterocycles. The van der Waals surface area contributed by atoms with Gasteiger partial charge in [0.15, 0.2) is 24.1 Å². The van der Waals surface area contributed by atoms with Gasteiger partial charge in [0.1, 0.15) is 0 Å². The number of rotatable bonds is 3. The van der Waals surface area contributed by atoms with Crippen molar-refractivity contribution in [2.75, 3.05) is 12.1 Å². The van der Waals surface area contributed by atoms with E-state index in [4.69, 9.17) is 9.47 Å². The van der Waals surface area contributed by atoms with E-state index in [1.807, 2.05) is 0 Å². The number of amides is 1. The quantitative estimate of drug-likeness (QED) is 0.790. The molecule has 0 aliphatic carbocycles. The van der Waals surface area contributed by atoms with E-state index in [0.717, 1.165) is 0 Å². The number of hydrogen-bond acceptors (Lipinski definition) is 5. The van der Waals surface area contributed by atoms with Gasteiger partial charge in [0.2, 0.25) is 12.7 Å². The van der Waals surface area contributed by atoms with Crippen LogP contribution in [0.25, 0.3) is 0 Å². The summed E-state index contributed by atoms with van der Waals surface area (Å²) in [5.74, 6) is 0.0772. The van der Waals surface area contributed by atoms with Crippen LogP contribution >= 0.6 is 0 Å². The molecule has 1 aromatic rings. The van der Waals surface area contributed by atoms with E-state index in [-0.39, 0.29) is 41.0 Å². The molecule has 2 rings (SSSR count). The molecule has 0 radical (unpaired) electrons. The Hall–Kier alpha value is -2.37. The monoisotopic (exact) mass is 235 g/mol. The second-order valence-electron chi connectivity index (χ2n) is 3.41. The number of carbonyl (C=O) groups excluding carboxylic acids is 3. The van der Waals surface area contributed by atoms with Crippen molar-refractivity contribution in [3.05, 3.63) is 17.2 Å². The Morgan fingerprint density at radius 3 is 2.59 bits per heavy atom. The summed E-state index contributed by atoms with van der Waals surface area (Å²) in [6.45, 7) is 1.25. The molecule has 0 bridgehead atoms. The molecule has 17 heavy (non-hydrogen) atoms. The first kappa shape index (κ1) is 11.1. The molecule has 0 saturated carbocycles. The fourth-order valence-electron chi connectivity index (χ4n) is 1.61. The number of benzene rings is 1. The van der Waals surface area contributed by atoms with Crippen LogP contribution in [0.1, 0.15) is 27.6 Å². The second kappa shape index (κ2) is 4.25. The van der Waals surface area contributed by atoms with Gasteiger partial charge in [0.05, 0.1) is 16.8 Å². The lowest BCUT2D eigenvalue weighted by molar-refractivity contribution is -0.114. The Morgan fingerprint density at radius 2 is 2.00 bits per heavy atom. The molecule has 1 aliphatic heterocycles. The van der Waals surface area contributed by atoms with Crippen LogP contribution in [0.2, 0.25) is 0 Å². The van der Waals surface area contributed by atoms with Gasteiger partial charge in [-0.25, -0.2) is 0 Å². The van der Waals surface area contributed by atoms with Crippen LogP contribution in [-0.4, -0.2) is 25.3 Å². The van der Waals surface area contributed by atoms with Crippen molar-refractivity contribution in [2.45, 2.75) is 6.92 Å². The molecule has 1 amide bonds. The minimum atomic E-state index is -0.344. The van der Waals surface area contributed by atoms with Gasteiger partial charge in [0, 0.05) is 6.92 Å². The summed E-state index contributed by atoms with van der Waals surface area (Å²) in [4.78, 5) is 32.9. The zero-order valence-electron chi connectivity index (χ0n) is 8.98. The van der Waals surface area contributed by atoms with Gasteiger partial charge in [-0.3, -0.25) is 14.4 Å². The number of nitrogens with one attached hydrogen (secondary N) is 1. The lowest BCUT2D eigenvalue weighted by Gasteiger charge is -2.09. The van der Waals surface area contributed by atoms with Gasteiger partial charge < -0.3 is 14.8 Å². The predicted octanol–water partition coefficient (Wildman–Crippen LogP) is 0.999. The van der Waals surface area contributed by atoms with Gasteiger partial charge in [-0.2, -0.15) is 0 Å². The molecule has 1 aromatic carbocycles. The van der Waals surface area contributed by atoms with Crippen molar-refractivity contribution in [1.82, 2.24) is 0 Å². The number of hydrogen-bond donors (Lipinski definition) is 1. The maximum Gasteiger partial charge on any atom is 0.231 e. The molecule has 0 fully saturated rings. The zero-order chi connectivity index (χ0) is 12.4. The number of aldehydes is 2. The van der Waals surface area contributed by atoms with Crippen molar-refractivity contribution in [2.24, 2.45) is 0 Å². The lowest BCUT2D eigenvalue weighted by atomic mass is 10.1. The first-order chi connectivity index (χ1) is 8.17. The Balaban J connectivity index is 2.63.